The van der Waals surface area contributed by atoms with Crippen LogP contribution in [-0.2, 0) is 0 Å². The van der Waals surface area contributed by atoms with Crippen LogP contribution in [0.15, 0.2) is 22.7 Å². The second-order valence-corrected chi connectivity index (χ2v) is 5.14. The van der Waals surface area contributed by atoms with Crippen molar-refractivity contribution in [3.05, 3.63) is 33.3 Å². The number of amides is 1. The Hall–Kier alpha value is -0.580. The number of likely N-dealkylation sites (tertiary alicyclic amines) is 1. The Morgan fingerprint density at radius 2 is 2.31 bits per heavy atom. The Morgan fingerprint density at radius 1 is 1.56 bits per heavy atom. The van der Waals surface area contributed by atoms with Gasteiger partial charge in [0.1, 0.15) is 0 Å². The summed E-state index contributed by atoms with van der Waals surface area (Å²) in [5.41, 5.74) is 0.485. The van der Waals surface area contributed by atoms with Crippen molar-refractivity contribution in [3.8, 4) is 0 Å². The highest BCUT2D eigenvalue weighted by Gasteiger charge is 2.26. The molecule has 1 heterocycles. The third-order valence-electron chi connectivity index (χ3n) is 2.61. The Bertz CT molecular complexity index is 424. The molecule has 0 spiro atoms. The Labute approximate surface area is 107 Å². The van der Waals surface area contributed by atoms with Gasteiger partial charge in [-0.3, -0.25) is 4.79 Å². The number of halogens is 2. The molecule has 1 fully saturated rings. The highest BCUT2D eigenvalue weighted by Crippen LogP contribution is 2.24. The van der Waals surface area contributed by atoms with Gasteiger partial charge in [-0.1, -0.05) is 27.5 Å². The average molecular weight is 305 g/mol. The normalized spacial score (nSPS) is 20.2. The van der Waals surface area contributed by atoms with Crippen LogP contribution in [0, 0.1) is 0 Å². The predicted octanol–water partition coefficient (Wildman–Crippen LogP) is 2.31. The van der Waals surface area contributed by atoms with Crippen LogP contribution in [0.25, 0.3) is 0 Å². The molecule has 1 atom stereocenters. The van der Waals surface area contributed by atoms with Gasteiger partial charge in [-0.2, -0.15) is 0 Å². The van der Waals surface area contributed by atoms with Crippen molar-refractivity contribution in [2.75, 3.05) is 13.1 Å². The monoisotopic (exact) mass is 303 g/mol. The minimum Gasteiger partial charge on any atom is -0.391 e. The van der Waals surface area contributed by atoms with E-state index in [1.165, 1.54) is 0 Å². The quantitative estimate of drug-likeness (QED) is 0.865. The summed E-state index contributed by atoms with van der Waals surface area (Å²) >= 11 is 9.29. The van der Waals surface area contributed by atoms with Gasteiger partial charge in [0, 0.05) is 17.6 Å². The Morgan fingerprint density at radius 3 is 2.88 bits per heavy atom. The molecular formula is C11H11BrClNO2. The lowest BCUT2D eigenvalue weighted by molar-refractivity contribution is 0.0765. The molecule has 3 nitrogen and oxygen atoms in total. The van der Waals surface area contributed by atoms with Crippen molar-refractivity contribution in [3.63, 3.8) is 0 Å². The fourth-order valence-electron chi connectivity index (χ4n) is 1.76. The summed E-state index contributed by atoms with van der Waals surface area (Å²) in [6, 6.07) is 5.17. The van der Waals surface area contributed by atoms with Gasteiger partial charge in [-0.15, -0.1) is 0 Å². The van der Waals surface area contributed by atoms with Crippen LogP contribution >= 0.6 is 27.5 Å². The minimum atomic E-state index is -0.404. The Balaban J connectivity index is 2.21. The van der Waals surface area contributed by atoms with E-state index >= 15 is 0 Å². The van der Waals surface area contributed by atoms with Crippen LogP contribution in [0.1, 0.15) is 16.8 Å². The number of nitrogens with zero attached hydrogens (tertiary/aromatic N) is 1. The molecule has 1 aromatic carbocycles. The van der Waals surface area contributed by atoms with Crippen molar-refractivity contribution < 1.29 is 9.90 Å². The number of carbonyl (C=O) groups excluding carboxylic acids is 1. The van der Waals surface area contributed by atoms with E-state index < -0.39 is 6.10 Å². The first-order valence-electron chi connectivity index (χ1n) is 5.00. The van der Waals surface area contributed by atoms with Crippen molar-refractivity contribution in [2.24, 2.45) is 0 Å². The average Bonchev–Trinajstić information content (AvgIpc) is 2.64. The van der Waals surface area contributed by atoms with E-state index in [2.05, 4.69) is 15.9 Å². The second-order valence-electron chi connectivity index (χ2n) is 3.82. The van der Waals surface area contributed by atoms with Crippen molar-refractivity contribution in [1.82, 2.24) is 4.90 Å². The molecule has 0 aromatic heterocycles. The number of carbonyl (C=O) groups is 1. The molecule has 1 amide bonds. The van der Waals surface area contributed by atoms with E-state index in [1.54, 1.807) is 23.1 Å². The fraction of sp³-hybridized carbons (Fsp3) is 0.364. The molecule has 16 heavy (non-hydrogen) atoms. The van der Waals surface area contributed by atoms with Crippen molar-refractivity contribution in [1.29, 1.82) is 0 Å². The van der Waals surface area contributed by atoms with Gasteiger partial charge in [0.25, 0.3) is 5.91 Å². The lowest BCUT2D eigenvalue weighted by Gasteiger charge is -2.16. The summed E-state index contributed by atoms with van der Waals surface area (Å²) in [5, 5.41) is 9.81. The molecule has 0 saturated carbocycles. The zero-order valence-electron chi connectivity index (χ0n) is 8.49. The molecular weight excluding hydrogens is 293 g/mol. The molecule has 1 aromatic rings. The first-order chi connectivity index (χ1) is 7.58. The first-order valence-corrected chi connectivity index (χ1v) is 6.17. The summed E-state index contributed by atoms with van der Waals surface area (Å²) < 4.78 is 0.843. The predicted molar refractivity (Wildman–Crippen MR) is 65.7 cm³/mol. The van der Waals surface area contributed by atoms with Crippen molar-refractivity contribution >= 4 is 33.4 Å². The first kappa shape index (κ1) is 11.9. The molecule has 1 N–H and O–H groups in total. The number of benzene rings is 1. The summed E-state index contributed by atoms with van der Waals surface area (Å²) in [7, 11) is 0. The number of rotatable bonds is 1. The van der Waals surface area contributed by atoms with Crippen molar-refractivity contribution in [2.45, 2.75) is 12.5 Å². The molecule has 0 bridgehead atoms. The van der Waals surface area contributed by atoms with E-state index in [0.29, 0.717) is 30.1 Å². The van der Waals surface area contributed by atoms with Crippen LogP contribution in [0.3, 0.4) is 0 Å². The van der Waals surface area contributed by atoms with Gasteiger partial charge < -0.3 is 10.0 Å². The summed E-state index contributed by atoms with van der Waals surface area (Å²) in [5.74, 6) is -0.117. The number of aliphatic hydroxyl groups excluding tert-OH is 1. The highest BCUT2D eigenvalue weighted by atomic mass is 79.9. The third kappa shape index (κ3) is 2.39. The lowest BCUT2D eigenvalue weighted by atomic mass is 10.2. The van der Waals surface area contributed by atoms with E-state index in [9.17, 15) is 9.90 Å². The van der Waals surface area contributed by atoms with Crippen LogP contribution in [0.5, 0.6) is 0 Å². The summed E-state index contributed by atoms with van der Waals surface area (Å²) in [6.07, 6.45) is 0.234. The van der Waals surface area contributed by atoms with Gasteiger partial charge in [-0.05, 0) is 24.6 Å². The number of hydrogen-bond donors (Lipinski definition) is 1. The minimum absolute atomic E-state index is 0.117. The van der Waals surface area contributed by atoms with Crippen LogP contribution in [0.2, 0.25) is 5.02 Å². The maximum atomic E-state index is 12.0. The maximum Gasteiger partial charge on any atom is 0.255 e. The van der Waals surface area contributed by atoms with E-state index in [-0.39, 0.29) is 5.91 Å². The molecule has 1 aliphatic rings. The third-order valence-corrected chi connectivity index (χ3v) is 3.42. The molecule has 0 aliphatic carbocycles. The highest BCUT2D eigenvalue weighted by molar-refractivity contribution is 9.10. The van der Waals surface area contributed by atoms with Crippen LogP contribution in [-0.4, -0.2) is 35.1 Å². The van der Waals surface area contributed by atoms with Crippen LogP contribution < -0.4 is 0 Å². The van der Waals surface area contributed by atoms with Gasteiger partial charge in [0.05, 0.1) is 16.7 Å². The summed E-state index contributed by atoms with van der Waals surface area (Å²) in [6.45, 7) is 0.984. The lowest BCUT2D eigenvalue weighted by Crippen LogP contribution is -2.29. The van der Waals surface area contributed by atoms with Gasteiger partial charge in [0.15, 0.2) is 0 Å². The number of hydrogen-bond acceptors (Lipinski definition) is 2. The SMILES string of the molecule is O=C(c1ccc(Br)cc1Cl)N1CC[C@H](O)C1. The van der Waals surface area contributed by atoms with E-state index in [1.807, 2.05) is 0 Å². The molecule has 2 rings (SSSR count). The standard InChI is InChI=1S/C11H11BrClNO2/c12-7-1-2-9(10(13)5-7)11(16)14-4-3-8(15)6-14/h1-2,5,8,15H,3-4,6H2/t8-/m0/s1. The maximum absolute atomic E-state index is 12.0. The number of aliphatic hydroxyl groups is 1. The van der Waals surface area contributed by atoms with E-state index in [4.69, 9.17) is 11.6 Å². The van der Waals surface area contributed by atoms with Crippen LogP contribution in [0.4, 0.5) is 0 Å². The molecule has 1 aliphatic heterocycles. The Kier molecular flexibility index (Phi) is 3.52. The molecule has 0 unspecified atom stereocenters. The molecule has 86 valence electrons. The number of β-amino-alcohol motifs (C(OH)–C–C–N with tert-alkyl or cyclic N) is 1. The fourth-order valence-corrected chi connectivity index (χ4v) is 2.51. The van der Waals surface area contributed by atoms with Gasteiger partial charge in [-0.25, -0.2) is 0 Å². The largest absolute Gasteiger partial charge is 0.391 e. The summed E-state index contributed by atoms with van der Waals surface area (Å²) in [4.78, 5) is 13.7. The van der Waals surface area contributed by atoms with Gasteiger partial charge in [0.2, 0.25) is 0 Å². The molecule has 1 saturated heterocycles. The molecule has 0 radical (unpaired) electrons. The zero-order valence-corrected chi connectivity index (χ0v) is 10.8. The van der Waals surface area contributed by atoms with Gasteiger partial charge >= 0.3 is 0 Å². The molecule has 5 heteroatoms. The topological polar surface area (TPSA) is 40.5 Å². The smallest absolute Gasteiger partial charge is 0.255 e. The second kappa shape index (κ2) is 4.73. The van der Waals surface area contributed by atoms with E-state index in [0.717, 1.165) is 4.47 Å². The zero-order chi connectivity index (χ0) is 11.7.